The summed E-state index contributed by atoms with van der Waals surface area (Å²) in [6, 6.07) is 5.31. The van der Waals surface area contributed by atoms with Gasteiger partial charge in [0, 0.05) is 0 Å². The SMILES string of the molecule is C=CCCCc1ccc(F)c(C)c1. The van der Waals surface area contributed by atoms with Crippen LogP contribution in [-0.2, 0) is 6.42 Å². The van der Waals surface area contributed by atoms with Crippen LogP contribution in [0.25, 0.3) is 0 Å². The van der Waals surface area contributed by atoms with Crippen LogP contribution in [0, 0.1) is 12.7 Å². The molecule has 0 saturated carbocycles. The number of hydrogen-bond acceptors (Lipinski definition) is 0. The van der Waals surface area contributed by atoms with E-state index >= 15 is 0 Å². The second-order valence-electron chi connectivity index (χ2n) is 3.26. The first-order chi connectivity index (χ1) is 6.24. The highest BCUT2D eigenvalue weighted by Crippen LogP contribution is 2.11. The maximum absolute atomic E-state index is 12.9. The molecule has 1 rings (SSSR count). The van der Waals surface area contributed by atoms with Crippen LogP contribution in [0.5, 0.6) is 0 Å². The van der Waals surface area contributed by atoms with E-state index in [2.05, 4.69) is 6.58 Å². The van der Waals surface area contributed by atoms with Gasteiger partial charge in [0.25, 0.3) is 0 Å². The summed E-state index contributed by atoms with van der Waals surface area (Å²) in [5.74, 6) is -0.118. The van der Waals surface area contributed by atoms with Crippen LogP contribution in [0.4, 0.5) is 4.39 Å². The van der Waals surface area contributed by atoms with Gasteiger partial charge in [-0.1, -0.05) is 18.2 Å². The Hall–Kier alpha value is -1.11. The quantitative estimate of drug-likeness (QED) is 0.487. The van der Waals surface area contributed by atoms with Crippen molar-refractivity contribution in [3.05, 3.63) is 47.8 Å². The van der Waals surface area contributed by atoms with Gasteiger partial charge in [0.15, 0.2) is 0 Å². The van der Waals surface area contributed by atoms with Crippen molar-refractivity contribution in [3.63, 3.8) is 0 Å². The fraction of sp³-hybridized carbons (Fsp3) is 0.333. The molecule has 13 heavy (non-hydrogen) atoms. The second kappa shape index (κ2) is 4.80. The molecule has 0 aliphatic rings. The van der Waals surface area contributed by atoms with Gasteiger partial charge < -0.3 is 0 Å². The first kappa shape index (κ1) is 9.97. The minimum absolute atomic E-state index is 0.118. The molecular weight excluding hydrogens is 163 g/mol. The van der Waals surface area contributed by atoms with Crippen LogP contribution < -0.4 is 0 Å². The number of aryl methyl sites for hydroxylation is 2. The zero-order chi connectivity index (χ0) is 9.68. The van der Waals surface area contributed by atoms with Crippen LogP contribution >= 0.6 is 0 Å². The van der Waals surface area contributed by atoms with Gasteiger partial charge in [0.2, 0.25) is 0 Å². The van der Waals surface area contributed by atoms with Crippen LogP contribution in [0.2, 0.25) is 0 Å². The molecule has 0 bridgehead atoms. The Morgan fingerprint density at radius 3 is 2.85 bits per heavy atom. The number of rotatable bonds is 4. The summed E-state index contributed by atoms with van der Waals surface area (Å²) in [6.45, 7) is 5.46. The van der Waals surface area contributed by atoms with E-state index in [0.29, 0.717) is 0 Å². The van der Waals surface area contributed by atoms with E-state index in [0.717, 1.165) is 24.8 Å². The van der Waals surface area contributed by atoms with Crippen molar-refractivity contribution in [1.29, 1.82) is 0 Å². The van der Waals surface area contributed by atoms with Crippen LogP contribution in [-0.4, -0.2) is 0 Å². The van der Waals surface area contributed by atoms with Crippen LogP contribution in [0.15, 0.2) is 30.9 Å². The molecule has 0 amide bonds. The molecule has 0 radical (unpaired) electrons. The Morgan fingerprint density at radius 2 is 2.23 bits per heavy atom. The molecule has 0 aliphatic heterocycles. The highest BCUT2D eigenvalue weighted by molar-refractivity contribution is 5.23. The average Bonchev–Trinajstić information content (AvgIpc) is 2.12. The normalized spacial score (nSPS) is 10.0. The monoisotopic (exact) mass is 178 g/mol. The molecule has 1 aromatic carbocycles. The maximum atomic E-state index is 12.9. The third kappa shape index (κ3) is 3.02. The van der Waals surface area contributed by atoms with Crippen molar-refractivity contribution in [2.45, 2.75) is 26.2 Å². The lowest BCUT2D eigenvalue weighted by Crippen LogP contribution is -1.88. The van der Waals surface area contributed by atoms with E-state index in [9.17, 15) is 4.39 Å². The van der Waals surface area contributed by atoms with Gasteiger partial charge >= 0.3 is 0 Å². The standard InChI is InChI=1S/C12H15F/c1-3-4-5-6-11-7-8-12(13)10(2)9-11/h3,7-9H,1,4-6H2,2H3. The first-order valence-corrected chi connectivity index (χ1v) is 4.60. The van der Waals surface area contributed by atoms with Gasteiger partial charge in [-0.3, -0.25) is 0 Å². The van der Waals surface area contributed by atoms with Gasteiger partial charge in [-0.05, 0) is 43.4 Å². The number of unbranched alkanes of at least 4 members (excludes halogenated alkanes) is 1. The average molecular weight is 178 g/mol. The Bertz CT molecular complexity index is 289. The Labute approximate surface area is 79.1 Å². The van der Waals surface area contributed by atoms with Gasteiger partial charge in [0.05, 0.1) is 0 Å². The fourth-order valence-corrected chi connectivity index (χ4v) is 1.31. The van der Waals surface area contributed by atoms with Crippen molar-refractivity contribution in [1.82, 2.24) is 0 Å². The second-order valence-corrected chi connectivity index (χ2v) is 3.26. The zero-order valence-electron chi connectivity index (χ0n) is 8.02. The highest BCUT2D eigenvalue weighted by Gasteiger charge is 1.97. The minimum atomic E-state index is -0.118. The summed E-state index contributed by atoms with van der Waals surface area (Å²) < 4.78 is 12.9. The molecule has 0 unspecified atom stereocenters. The van der Waals surface area contributed by atoms with Gasteiger partial charge in [0.1, 0.15) is 5.82 Å². The lowest BCUT2D eigenvalue weighted by molar-refractivity contribution is 0.617. The summed E-state index contributed by atoms with van der Waals surface area (Å²) in [7, 11) is 0. The number of hydrogen-bond donors (Lipinski definition) is 0. The minimum Gasteiger partial charge on any atom is -0.207 e. The van der Waals surface area contributed by atoms with Gasteiger partial charge in [-0.2, -0.15) is 0 Å². The van der Waals surface area contributed by atoms with Crippen LogP contribution in [0.3, 0.4) is 0 Å². The third-order valence-corrected chi connectivity index (χ3v) is 2.10. The molecule has 0 fully saturated rings. The Kier molecular flexibility index (Phi) is 3.69. The molecule has 70 valence electrons. The lowest BCUT2D eigenvalue weighted by Gasteiger charge is -2.01. The van der Waals surface area contributed by atoms with E-state index < -0.39 is 0 Å². The van der Waals surface area contributed by atoms with Crippen molar-refractivity contribution < 1.29 is 4.39 Å². The Morgan fingerprint density at radius 1 is 1.46 bits per heavy atom. The van der Waals surface area contributed by atoms with E-state index in [4.69, 9.17) is 0 Å². The molecule has 1 aromatic rings. The molecule has 1 heteroatoms. The molecule has 0 aromatic heterocycles. The summed E-state index contributed by atoms with van der Waals surface area (Å²) >= 11 is 0. The summed E-state index contributed by atoms with van der Waals surface area (Å²) in [5.41, 5.74) is 1.94. The molecule has 0 N–H and O–H groups in total. The Balaban J connectivity index is 2.57. The molecule has 0 aliphatic carbocycles. The van der Waals surface area contributed by atoms with Crippen molar-refractivity contribution in [2.24, 2.45) is 0 Å². The molecule has 0 saturated heterocycles. The summed E-state index contributed by atoms with van der Waals surface area (Å²) in [5, 5.41) is 0. The van der Waals surface area contributed by atoms with E-state index in [-0.39, 0.29) is 5.82 Å². The van der Waals surface area contributed by atoms with Crippen molar-refractivity contribution in [2.75, 3.05) is 0 Å². The largest absolute Gasteiger partial charge is 0.207 e. The topological polar surface area (TPSA) is 0 Å². The lowest BCUT2D eigenvalue weighted by atomic mass is 10.1. The number of halogens is 1. The highest BCUT2D eigenvalue weighted by atomic mass is 19.1. The first-order valence-electron chi connectivity index (χ1n) is 4.60. The number of allylic oxidation sites excluding steroid dienone is 1. The van der Waals surface area contributed by atoms with Crippen molar-refractivity contribution in [3.8, 4) is 0 Å². The molecule has 0 spiro atoms. The summed E-state index contributed by atoms with van der Waals surface area (Å²) in [4.78, 5) is 0. The zero-order valence-corrected chi connectivity index (χ0v) is 8.02. The van der Waals surface area contributed by atoms with E-state index in [1.807, 2.05) is 18.2 Å². The third-order valence-electron chi connectivity index (χ3n) is 2.10. The predicted molar refractivity (Wildman–Crippen MR) is 54.3 cm³/mol. The maximum Gasteiger partial charge on any atom is 0.126 e. The smallest absolute Gasteiger partial charge is 0.126 e. The van der Waals surface area contributed by atoms with Crippen molar-refractivity contribution >= 4 is 0 Å². The molecular formula is C12H15F. The van der Waals surface area contributed by atoms with E-state index in [1.165, 1.54) is 5.56 Å². The molecule has 0 atom stereocenters. The summed E-state index contributed by atoms with van der Waals surface area (Å²) in [6.07, 6.45) is 5.04. The molecule has 0 nitrogen and oxygen atoms in total. The van der Waals surface area contributed by atoms with E-state index in [1.54, 1.807) is 13.0 Å². The van der Waals surface area contributed by atoms with Gasteiger partial charge in [-0.15, -0.1) is 6.58 Å². The predicted octanol–water partition coefficient (Wildman–Crippen LogP) is 3.64. The number of benzene rings is 1. The molecule has 0 heterocycles. The van der Waals surface area contributed by atoms with Crippen LogP contribution in [0.1, 0.15) is 24.0 Å². The van der Waals surface area contributed by atoms with Gasteiger partial charge in [-0.25, -0.2) is 4.39 Å². The fourth-order valence-electron chi connectivity index (χ4n) is 1.31.